The lowest BCUT2D eigenvalue weighted by Gasteiger charge is -2.31. The fourth-order valence-corrected chi connectivity index (χ4v) is 3.10. The molecule has 1 aromatic carbocycles. The number of rotatable bonds is 4. The molecule has 1 aliphatic rings. The van der Waals surface area contributed by atoms with Crippen molar-refractivity contribution in [1.29, 1.82) is 0 Å². The summed E-state index contributed by atoms with van der Waals surface area (Å²) in [5, 5.41) is 3.67. The van der Waals surface area contributed by atoms with Crippen molar-refractivity contribution in [3.8, 4) is 0 Å². The van der Waals surface area contributed by atoms with Gasteiger partial charge in [0.05, 0.1) is 0 Å². The summed E-state index contributed by atoms with van der Waals surface area (Å²) < 4.78 is 0. The molecule has 0 saturated carbocycles. The Kier molecular flexibility index (Phi) is 6.02. The lowest BCUT2D eigenvalue weighted by Crippen LogP contribution is -2.46. The lowest BCUT2D eigenvalue weighted by atomic mass is 10.0. The number of aromatic nitrogens is 1. The van der Waals surface area contributed by atoms with Crippen LogP contribution in [0.5, 0.6) is 0 Å². The number of nitrogens with zero attached hydrogens (tertiary/aromatic N) is 2. The number of piperidine rings is 1. The number of pyridine rings is 1. The van der Waals surface area contributed by atoms with E-state index in [2.05, 4.69) is 10.3 Å². The van der Waals surface area contributed by atoms with Gasteiger partial charge >= 0.3 is 0 Å². The van der Waals surface area contributed by atoms with Crippen LogP contribution in [0.1, 0.15) is 28.8 Å². The Morgan fingerprint density at radius 2 is 1.88 bits per heavy atom. The molecule has 5 nitrogen and oxygen atoms in total. The fraction of sp³-hybridized carbons (Fsp3) is 0.250. The first-order valence-corrected chi connectivity index (χ1v) is 8.93. The van der Waals surface area contributed by atoms with E-state index in [1.54, 1.807) is 47.6 Å². The molecule has 0 spiro atoms. The van der Waals surface area contributed by atoms with E-state index in [-0.39, 0.29) is 17.9 Å². The van der Waals surface area contributed by atoms with Gasteiger partial charge in [0.1, 0.15) is 0 Å². The Bertz CT molecular complexity index is 800. The predicted octanol–water partition coefficient (Wildman–Crippen LogP) is 3.17. The van der Waals surface area contributed by atoms with Crippen molar-refractivity contribution in [3.05, 3.63) is 71.0 Å². The third-order valence-corrected chi connectivity index (χ3v) is 4.59. The topological polar surface area (TPSA) is 62.3 Å². The summed E-state index contributed by atoms with van der Waals surface area (Å²) >= 11 is 5.94. The molecule has 1 fully saturated rings. The Labute approximate surface area is 157 Å². The summed E-state index contributed by atoms with van der Waals surface area (Å²) in [5.41, 5.74) is 1.49. The van der Waals surface area contributed by atoms with Crippen molar-refractivity contribution in [1.82, 2.24) is 15.2 Å². The van der Waals surface area contributed by atoms with Gasteiger partial charge in [-0.3, -0.25) is 14.6 Å². The highest BCUT2D eigenvalue weighted by molar-refractivity contribution is 6.30. The molecule has 1 saturated heterocycles. The Morgan fingerprint density at radius 3 is 2.58 bits per heavy atom. The van der Waals surface area contributed by atoms with Crippen LogP contribution in [-0.2, 0) is 4.79 Å². The number of hydrogen-bond donors (Lipinski definition) is 1. The molecule has 0 bridgehead atoms. The van der Waals surface area contributed by atoms with Crippen molar-refractivity contribution in [2.75, 3.05) is 13.1 Å². The van der Waals surface area contributed by atoms with E-state index in [1.165, 1.54) is 0 Å². The number of hydrogen-bond acceptors (Lipinski definition) is 3. The molecule has 0 unspecified atom stereocenters. The van der Waals surface area contributed by atoms with Crippen molar-refractivity contribution < 1.29 is 9.59 Å². The summed E-state index contributed by atoms with van der Waals surface area (Å²) in [7, 11) is 0. The van der Waals surface area contributed by atoms with Gasteiger partial charge in [0.2, 0.25) is 5.91 Å². The first kappa shape index (κ1) is 18.1. The van der Waals surface area contributed by atoms with Crippen LogP contribution >= 0.6 is 11.6 Å². The molecule has 1 aromatic heterocycles. The molecule has 2 aromatic rings. The van der Waals surface area contributed by atoms with Crippen LogP contribution in [0, 0.1) is 0 Å². The maximum absolute atomic E-state index is 12.3. The molecular weight excluding hydrogens is 350 g/mol. The monoisotopic (exact) mass is 369 g/mol. The largest absolute Gasteiger partial charge is 0.349 e. The van der Waals surface area contributed by atoms with Crippen LogP contribution in [0.4, 0.5) is 0 Å². The normalized spacial score (nSPS) is 15.2. The number of likely N-dealkylation sites (tertiary alicyclic amines) is 1. The van der Waals surface area contributed by atoms with Gasteiger partial charge in [-0.05, 0) is 48.7 Å². The van der Waals surface area contributed by atoms with Crippen molar-refractivity contribution in [2.24, 2.45) is 0 Å². The summed E-state index contributed by atoms with van der Waals surface area (Å²) in [5.74, 6) is -0.123. The second-order valence-corrected chi connectivity index (χ2v) is 6.63. The van der Waals surface area contributed by atoms with Crippen molar-refractivity contribution in [3.63, 3.8) is 0 Å². The van der Waals surface area contributed by atoms with Gasteiger partial charge in [-0.25, -0.2) is 0 Å². The maximum atomic E-state index is 12.3. The fourth-order valence-electron chi connectivity index (χ4n) is 2.90. The Balaban J connectivity index is 1.48. The number of benzene rings is 1. The third-order valence-electron chi connectivity index (χ3n) is 4.35. The van der Waals surface area contributed by atoms with Gasteiger partial charge in [0, 0.05) is 48.2 Å². The summed E-state index contributed by atoms with van der Waals surface area (Å²) in [4.78, 5) is 30.2. The third kappa shape index (κ3) is 4.92. The summed E-state index contributed by atoms with van der Waals surface area (Å²) in [6.45, 7) is 1.25. The van der Waals surface area contributed by atoms with Crippen LogP contribution in [0.2, 0.25) is 5.02 Å². The molecule has 2 amide bonds. The number of amides is 2. The zero-order valence-electron chi connectivity index (χ0n) is 14.3. The van der Waals surface area contributed by atoms with Crippen LogP contribution in [0.3, 0.4) is 0 Å². The molecule has 0 radical (unpaired) electrons. The minimum Gasteiger partial charge on any atom is -0.349 e. The van der Waals surface area contributed by atoms with E-state index in [4.69, 9.17) is 11.6 Å². The van der Waals surface area contributed by atoms with Crippen LogP contribution in [0.25, 0.3) is 6.08 Å². The molecule has 26 heavy (non-hydrogen) atoms. The molecule has 6 heteroatoms. The zero-order valence-corrected chi connectivity index (χ0v) is 15.0. The number of carbonyl (C=O) groups excluding carboxylic acids is 2. The molecule has 1 N–H and O–H groups in total. The van der Waals surface area contributed by atoms with E-state index in [0.717, 1.165) is 18.4 Å². The average Bonchev–Trinajstić information content (AvgIpc) is 2.67. The molecule has 1 aliphatic heterocycles. The maximum Gasteiger partial charge on any atom is 0.251 e. The van der Waals surface area contributed by atoms with Crippen LogP contribution in [-0.4, -0.2) is 40.8 Å². The van der Waals surface area contributed by atoms with Gasteiger partial charge in [0.25, 0.3) is 5.91 Å². The van der Waals surface area contributed by atoms with E-state index >= 15 is 0 Å². The van der Waals surface area contributed by atoms with Gasteiger partial charge in [-0.1, -0.05) is 23.7 Å². The van der Waals surface area contributed by atoms with Gasteiger partial charge < -0.3 is 10.2 Å². The van der Waals surface area contributed by atoms with Crippen molar-refractivity contribution in [2.45, 2.75) is 18.9 Å². The Hall–Kier alpha value is -2.66. The first-order valence-electron chi connectivity index (χ1n) is 8.55. The Morgan fingerprint density at radius 1 is 1.15 bits per heavy atom. The van der Waals surface area contributed by atoms with E-state index in [1.807, 2.05) is 18.2 Å². The molecule has 134 valence electrons. The van der Waals surface area contributed by atoms with E-state index in [9.17, 15) is 9.59 Å². The highest BCUT2D eigenvalue weighted by Gasteiger charge is 2.23. The second-order valence-electron chi connectivity index (χ2n) is 6.20. The minimum absolute atomic E-state index is 0.0242. The minimum atomic E-state index is -0.0990. The average molecular weight is 370 g/mol. The van der Waals surface area contributed by atoms with Gasteiger partial charge in [-0.2, -0.15) is 0 Å². The lowest BCUT2D eigenvalue weighted by molar-refractivity contribution is -0.126. The molecule has 2 heterocycles. The number of carbonyl (C=O) groups is 2. The molecule has 3 rings (SSSR count). The highest BCUT2D eigenvalue weighted by atomic mass is 35.5. The second kappa shape index (κ2) is 8.63. The first-order chi connectivity index (χ1) is 12.6. The van der Waals surface area contributed by atoms with E-state index in [0.29, 0.717) is 23.7 Å². The molecule has 0 aliphatic carbocycles. The number of halogens is 1. The smallest absolute Gasteiger partial charge is 0.251 e. The van der Waals surface area contributed by atoms with Crippen LogP contribution in [0.15, 0.2) is 54.9 Å². The highest BCUT2D eigenvalue weighted by Crippen LogP contribution is 2.14. The zero-order chi connectivity index (χ0) is 18.4. The van der Waals surface area contributed by atoms with Crippen LogP contribution < -0.4 is 5.32 Å². The predicted molar refractivity (Wildman–Crippen MR) is 102 cm³/mol. The summed E-state index contributed by atoms with van der Waals surface area (Å²) in [6.07, 6.45) is 8.03. The van der Waals surface area contributed by atoms with E-state index < -0.39 is 0 Å². The summed E-state index contributed by atoms with van der Waals surface area (Å²) in [6, 6.07) is 10.8. The molecule has 0 atom stereocenters. The van der Waals surface area contributed by atoms with Crippen molar-refractivity contribution >= 4 is 29.5 Å². The molecular formula is C20H20ClN3O2. The quantitative estimate of drug-likeness (QED) is 0.842. The SMILES string of the molecule is O=C(NC1CCN(C(=O)/C=C\c2cccc(Cl)c2)CC1)c1ccncc1. The van der Waals surface area contributed by atoms with Gasteiger partial charge in [-0.15, -0.1) is 0 Å². The number of nitrogens with one attached hydrogen (secondary N) is 1. The van der Waals surface area contributed by atoms with Gasteiger partial charge in [0.15, 0.2) is 0 Å². The standard InChI is InChI=1S/C20H20ClN3O2/c21-17-3-1-2-15(14-17)4-5-19(25)24-12-8-18(9-13-24)23-20(26)16-6-10-22-11-7-16/h1-7,10-11,14,18H,8-9,12-13H2,(H,23,26)/b5-4-.